The average Bonchev–Trinajstić information content (AvgIpc) is 3.45. The van der Waals surface area contributed by atoms with Gasteiger partial charge in [-0.05, 0) is 59.9 Å². The number of ether oxygens (including phenoxy) is 4. The highest BCUT2D eigenvalue weighted by Gasteiger charge is 2.41. The second kappa shape index (κ2) is 11.2. The van der Waals surface area contributed by atoms with Gasteiger partial charge in [0.15, 0.2) is 5.79 Å². The molecule has 1 spiro atoms. The molecule has 0 radical (unpaired) electrons. The number of hydrogen-bond acceptors (Lipinski definition) is 7. The molecule has 9 nitrogen and oxygen atoms in total. The molecule has 1 aromatic rings. The molecule has 9 heteroatoms. The highest BCUT2D eigenvalue weighted by molar-refractivity contribution is 5.67. The van der Waals surface area contributed by atoms with Crippen LogP contribution in [0.25, 0.3) is 0 Å². The van der Waals surface area contributed by atoms with Gasteiger partial charge in [-0.2, -0.15) is 5.10 Å². The van der Waals surface area contributed by atoms with Crippen molar-refractivity contribution in [2.75, 3.05) is 47.0 Å². The van der Waals surface area contributed by atoms with E-state index in [0.29, 0.717) is 25.7 Å². The molecular weight excluding hydrogens is 448 g/mol. The van der Waals surface area contributed by atoms with Crippen LogP contribution < -0.4 is 0 Å². The lowest BCUT2D eigenvalue weighted by molar-refractivity contribution is -0.179. The molecule has 0 bridgehead atoms. The minimum absolute atomic E-state index is 0.0243. The van der Waals surface area contributed by atoms with Crippen LogP contribution in [0.2, 0.25) is 0 Å². The molecule has 0 aromatic carbocycles. The van der Waals surface area contributed by atoms with Gasteiger partial charge in [-0.15, -0.1) is 0 Å². The van der Waals surface area contributed by atoms with Crippen molar-refractivity contribution < 1.29 is 23.7 Å². The van der Waals surface area contributed by atoms with Crippen LogP contribution in [0.4, 0.5) is 4.79 Å². The molecule has 1 saturated carbocycles. The van der Waals surface area contributed by atoms with E-state index in [9.17, 15) is 4.79 Å². The highest BCUT2D eigenvalue weighted by Crippen LogP contribution is 2.43. The maximum Gasteiger partial charge on any atom is 0.410 e. The minimum atomic E-state index is -0.491. The summed E-state index contributed by atoms with van der Waals surface area (Å²) in [6.07, 6.45) is 9.08. The van der Waals surface area contributed by atoms with Gasteiger partial charge in [0.1, 0.15) is 11.8 Å². The summed E-state index contributed by atoms with van der Waals surface area (Å²) in [5.74, 6) is 0.0282. The monoisotopic (exact) mass is 492 g/mol. The number of amides is 1. The Morgan fingerprint density at radius 3 is 2.46 bits per heavy atom. The summed E-state index contributed by atoms with van der Waals surface area (Å²) >= 11 is 0. The molecule has 0 N–H and O–H groups in total. The molecule has 1 amide bonds. The summed E-state index contributed by atoms with van der Waals surface area (Å²) in [5.41, 5.74) is 1.94. The van der Waals surface area contributed by atoms with E-state index in [4.69, 9.17) is 24.0 Å². The van der Waals surface area contributed by atoms with Crippen molar-refractivity contribution >= 4 is 6.09 Å². The van der Waals surface area contributed by atoms with Crippen LogP contribution in [0, 0.1) is 0 Å². The van der Waals surface area contributed by atoms with E-state index < -0.39 is 5.60 Å². The fraction of sp³-hybridized carbons (Fsp3) is 0.846. The average molecular weight is 493 g/mol. The Balaban J connectivity index is 1.40. The van der Waals surface area contributed by atoms with E-state index in [-0.39, 0.29) is 18.1 Å². The van der Waals surface area contributed by atoms with Gasteiger partial charge in [-0.25, -0.2) is 9.48 Å². The third kappa shape index (κ3) is 6.96. The number of carbonyl (C=O) groups excluding carboxylic acids is 1. The number of rotatable bonds is 7. The smallest absolute Gasteiger partial charge is 0.410 e. The minimum Gasteiger partial charge on any atom is -0.444 e. The van der Waals surface area contributed by atoms with Crippen LogP contribution in [0.5, 0.6) is 0 Å². The van der Waals surface area contributed by atoms with E-state index in [0.717, 1.165) is 58.2 Å². The number of aromatic nitrogens is 2. The third-order valence-corrected chi connectivity index (χ3v) is 7.20. The van der Waals surface area contributed by atoms with Crippen molar-refractivity contribution in [2.24, 2.45) is 0 Å². The van der Waals surface area contributed by atoms with Crippen molar-refractivity contribution in [3.8, 4) is 0 Å². The van der Waals surface area contributed by atoms with E-state index in [1.807, 2.05) is 20.8 Å². The van der Waals surface area contributed by atoms with E-state index >= 15 is 0 Å². The lowest BCUT2D eigenvalue weighted by Crippen LogP contribution is -2.38. The standard InChI is InChI=1S/C26H44N4O5/c1-25(2,3)35-24(31)29(5)14-13-28(4)18-21-19-30(22-8-6-7-15-32-22)27-23(21)20-9-11-26(12-10-20)33-16-17-34-26/h19-20,22H,6-18H2,1-5H3. The fourth-order valence-electron chi connectivity index (χ4n) is 5.23. The molecule has 2 saturated heterocycles. The zero-order valence-electron chi connectivity index (χ0n) is 22.3. The first-order valence-corrected chi connectivity index (χ1v) is 13.2. The van der Waals surface area contributed by atoms with E-state index in [1.165, 1.54) is 17.7 Å². The number of hydrogen-bond donors (Lipinski definition) is 0. The van der Waals surface area contributed by atoms with Gasteiger partial charge in [0.2, 0.25) is 0 Å². The van der Waals surface area contributed by atoms with Crippen LogP contribution in [0.3, 0.4) is 0 Å². The predicted octanol–water partition coefficient (Wildman–Crippen LogP) is 4.28. The summed E-state index contributed by atoms with van der Waals surface area (Å²) in [6, 6.07) is 0. The Bertz CT molecular complexity index is 829. The summed E-state index contributed by atoms with van der Waals surface area (Å²) < 4.78 is 25.5. The van der Waals surface area contributed by atoms with Gasteiger partial charge in [0.05, 0.1) is 18.9 Å². The fourth-order valence-corrected chi connectivity index (χ4v) is 5.23. The Morgan fingerprint density at radius 1 is 1.11 bits per heavy atom. The lowest BCUT2D eigenvalue weighted by atomic mass is 9.82. The molecule has 2 aliphatic heterocycles. The van der Waals surface area contributed by atoms with Gasteiger partial charge in [0, 0.05) is 63.8 Å². The molecular formula is C26H44N4O5. The maximum absolute atomic E-state index is 12.3. The van der Waals surface area contributed by atoms with Crippen LogP contribution in [-0.4, -0.2) is 84.1 Å². The molecule has 1 aliphatic carbocycles. The third-order valence-electron chi connectivity index (χ3n) is 7.20. The van der Waals surface area contributed by atoms with Crippen molar-refractivity contribution in [3.63, 3.8) is 0 Å². The summed E-state index contributed by atoms with van der Waals surface area (Å²) in [5, 5.41) is 5.09. The first kappa shape index (κ1) is 26.4. The second-order valence-electron chi connectivity index (χ2n) is 11.4. The van der Waals surface area contributed by atoms with Gasteiger partial charge < -0.3 is 28.7 Å². The summed E-state index contributed by atoms with van der Waals surface area (Å²) in [7, 11) is 3.88. The highest BCUT2D eigenvalue weighted by atomic mass is 16.7. The van der Waals surface area contributed by atoms with E-state index in [2.05, 4.69) is 22.8 Å². The normalized spacial score (nSPS) is 23.2. The molecule has 3 fully saturated rings. The van der Waals surface area contributed by atoms with E-state index in [1.54, 1.807) is 11.9 Å². The Morgan fingerprint density at radius 2 is 1.83 bits per heavy atom. The van der Waals surface area contributed by atoms with Crippen molar-refractivity contribution in [3.05, 3.63) is 17.5 Å². The molecule has 35 heavy (non-hydrogen) atoms. The molecule has 198 valence electrons. The number of likely N-dealkylation sites (N-methyl/N-ethyl adjacent to an activating group) is 2. The Hall–Kier alpha value is -1.68. The largest absolute Gasteiger partial charge is 0.444 e. The Labute approximate surface area is 210 Å². The maximum atomic E-state index is 12.3. The van der Waals surface area contributed by atoms with Gasteiger partial charge in [-0.3, -0.25) is 0 Å². The first-order chi connectivity index (χ1) is 16.6. The summed E-state index contributed by atoms with van der Waals surface area (Å²) in [4.78, 5) is 16.2. The SMILES string of the molecule is CN(CCN(C)C(=O)OC(C)(C)C)Cc1cn(C2CCCCO2)nc1C1CCC2(CC1)OCCO2. The predicted molar refractivity (Wildman–Crippen MR) is 132 cm³/mol. The van der Waals surface area contributed by atoms with Gasteiger partial charge in [-0.1, -0.05) is 0 Å². The molecule has 1 atom stereocenters. The van der Waals surface area contributed by atoms with Gasteiger partial charge >= 0.3 is 6.09 Å². The van der Waals surface area contributed by atoms with Crippen LogP contribution >= 0.6 is 0 Å². The first-order valence-electron chi connectivity index (χ1n) is 13.2. The number of nitrogens with zero attached hydrogens (tertiary/aromatic N) is 4. The van der Waals surface area contributed by atoms with Crippen LogP contribution in [0.1, 0.15) is 89.1 Å². The quantitative estimate of drug-likeness (QED) is 0.562. The van der Waals surface area contributed by atoms with Crippen LogP contribution in [0.15, 0.2) is 6.20 Å². The molecule has 4 rings (SSSR count). The molecule has 1 aromatic heterocycles. The van der Waals surface area contributed by atoms with Crippen molar-refractivity contribution in [1.82, 2.24) is 19.6 Å². The topological polar surface area (TPSA) is 78.3 Å². The second-order valence-corrected chi connectivity index (χ2v) is 11.4. The van der Waals surface area contributed by atoms with Crippen molar-refractivity contribution in [2.45, 2.75) is 95.8 Å². The zero-order valence-corrected chi connectivity index (χ0v) is 22.3. The van der Waals surface area contributed by atoms with Crippen molar-refractivity contribution in [1.29, 1.82) is 0 Å². The van der Waals surface area contributed by atoms with Gasteiger partial charge in [0.25, 0.3) is 0 Å². The lowest BCUT2D eigenvalue weighted by Gasteiger charge is -2.35. The molecule has 1 unspecified atom stereocenters. The summed E-state index contributed by atoms with van der Waals surface area (Å²) in [6.45, 7) is 9.98. The number of carbonyl (C=O) groups is 1. The molecule has 3 aliphatic rings. The Kier molecular flexibility index (Phi) is 8.41. The molecule has 3 heterocycles. The zero-order chi connectivity index (χ0) is 25.1. The van der Waals surface area contributed by atoms with Crippen LogP contribution in [-0.2, 0) is 25.5 Å².